The largest absolute Gasteiger partial charge is 0.326 e. The Hall–Kier alpha value is -0.530. The predicted octanol–water partition coefficient (Wildman–Crippen LogP) is 2.16. The summed E-state index contributed by atoms with van der Waals surface area (Å²) in [7, 11) is 0. The molecule has 1 nitrogen and oxygen atoms in total. The van der Waals surface area contributed by atoms with Crippen LogP contribution < -0.4 is 5.73 Å². The van der Waals surface area contributed by atoms with Gasteiger partial charge in [-0.1, -0.05) is 18.5 Å². The molecule has 0 aliphatic rings. The second kappa shape index (κ2) is 3.74. The summed E-state index contributed by atoms with van der Waals surface area (Å²) in [6, 6.07) is 6.94. The van der Waals surface area contributed by atoms with Crippen LogP contribution in [-0.4, -0.2) is 0 Å². The van der Waals surface area contributed by atoms with Gasteiger partial charge in [0.1, 0.15) is 0 Å². The van der Waals surface area contributed by atoms with Crippen LogP contribution in [-0.2, 0) is 13.0 Å². The zero-order valence-corrected chi connectivity index (χ0v) is 7.28. The number of hydrogen-bond donors (Lipinski definition) is 1. The average molecular weight is 169 g/mol. The third-order valence-corrected chi connectivity index (χ3v) is 1.76. The van der Waals surface area contributed by atoms with Crippen molar-refractivity contribution >= 4 is 11.6 Å². The maximum absolute atomic E-state index is 5.83. The molecular formula is C9H11ClN. The molecule has 0 atom stereocenters. The lowest BCUT2D eigenvalue weighted by Crippen LogP contribution is -1.97. The number of rotatable bonds is 2. The molecule has 0 fully saturated rings. The summed E-state index contributed by atoms with van der Waals surface area (Å²) in [4.78, 5) is 0. The lowest BCUT2D eigenvalue weighted by atomic mass is 10.1. The van der Waals surface area contributed by atoms with Crippen LogP contribution in [0, 0.1) is 6.07 Å². The average Bonchev–Trinajstić information content (AvgIpc) is 2.03. The van der Waals surface area contributed by atoms with Crippen LogP contribution in [0.15, 0.2) is 12.1 Å². The molecule has 0 aliphatic heterocycles. The third-order valence-electron chi connectivity index (χ3n) is 1.55. The fraction of sp³-hybridized carbons (Fsp3) is 0.333. The van der Waals surface area contributed by atoms with Crippen molar-refractivity contribution in [2.75, 3.05) is 0 Å². The van der Waals surface area contributed by atoms with E-state index in [2.05, 4.69) is 13.0 Å². The highest BCUT2D eigenvalue weighted by atomic mass is 35.5. The van der Waals surface area contributed by atoms with Crippen molar-refractivity contribution in [1.82, 2.24) is 0 Å². The standard InChI is InChI=1S/C9H11ClN/c1-2-7-3-8(6-11)5-9(10)4-7/h4-5H,2,6,11H2,1H3. The van der Waals surface area contributed by atoms with Gasteiger partial charge < -0.3 is 5.73 Å². The van der Waals surface area contributed by atoms with E-state index in [4.69, 9.17) is 17.3 Å². The zero-order chi connectivity index (χ0) is 8.27. The van der Waals surface area contributed by atoms with Crippen molar-refractivity contribution < 1.29 is 0 Å². The Morgan fingerprint density at radius 1 is 1.45 bits per heavy atom. The highest BCUT2D eigenvalue weighted by Gasteiger charge is 1.96. The fourth-order valence-corrected chi connectivity index (χ4v) is 1.22. The molecule has 0 unspecified atom stereocenters. The van der Waals surface area contributed by atoms with Crippen LogP contribution in [0.3, 0.4) is 0 Å². The van der Waals surface area contributed by atoms with E-state index in [1.54, 1.807) is 0 Å². The molecule has 0 saturated carbocycles. The normalized spacial score (nSPS) is 10.1. The second-order valence-electron chi connectivity index (χ2n) is 2.41. The van der Waals surface area contributed by atoms with Gasteiger partial charge in [0, 0.05) is 11.6 Å². The first-order valence-corrected chi connectivity index (χ1v) is 4.04. The van der Waals surface area contributed by atoms with Gasteiger partial charge in [-0.3, -0.25) is 0 Å². The van der Waals surface area contributed by atoms with E-state index in [-0.39, 0.29) is 0 Å². The Balaban J connectivity index is 3.02. The van der Waals surface area contributed by atoms with Gasteiger partial charge in [-0.2, -0.15) is 0 Å². The van der Waals surface area contributed by atoms with E-state index in [9.17, 15) is 0 Å². The molecule has 1 radical (unpaired) electrons. The van der Waals surface area contributed by atoms with Crippen LogP contribution in [0.4, 0.5) is 0 Å². The van der Waals surface area contributed by atoms with Crippen LogP contribution >= 0.6 is 11.6 Å². The summed E-state index contributed by atoms with van der Waals surface area (Å²) in [6.07, 6.45) is 0.952. The number of benzene rings is 1. The van der Waals surface area contributed by atoms with Gasteiger partial charge in [0.15, 0.2) is 0 Å². The summed E-state index contributed by atoms with van der Waals surface area (Å²) >= 11 is 5.83. The van der Waals surface area contributed by atoms with Gasteiger partial charge in [-0.15, -0.1) is 0 Å². The van der Waals surface area contributed by atoms with Crippen molar-refractivity contribution in [1.29, 1.82) is 0 Å². The number of aryl methyl sites for hydroxylation is 1. The van der Waals surface area contributed by atoms with Gasteiger partial charge in [0.05, 0.1) is 0 Å². The topological polar surface area (TPSA) is 26.0 Å². The Morgan fingerprint density at radius 2 is 2.09 bits per heavy atom. The zero-order valence-electron chi connectivity index (χ0n) is 6.52. The molecule has 0 bridgehead atoms. The predicted molar refractivity (Wildman–Crippen MR) is 47.6 cm³/mol. The highest BCUT2D eigenvalue weighted by Crippen LogP contribution is 2.14. The van der Waals surface area contributed by atoms with Gasteiger partial charge in [-0.05, 0) is 35.7 Å². The maximum Gasteiger partial charge on any atom is 0.0412 e. The molecule has 11 heavy (non-hydrogen) atoms. The Morgan fingerprint density at radius 3 is 2.64 bits per heavy atom. The lowest BCUT2D eigenvalue weighted by molar-refractivity contribution is 1.04. The fourth-order valence-electron chi connectivity index (χ4n) is 0.953. The molecule has 0 amide bonds. The smallest absolute Gasteiger partial charge is 0.0412 e. The highest BCUT2D eigenvalue weighted by molar-refractivity contribution is 6.30. The van der Waals surface area contributed by atoms with Crippen LogP contribution in [0.1, 0.15) is 18.1 Å². The van der Waals surface area contributed by atoms with Crippen LogP contribution in [0.5, 0.6) is 0 Å². The Labute approximate surface area is 72.2 Å². The van der Waals surface area contributed by atoms with Gasteiger partial charge >= 0.3 is 0 Å². The quantitative estimate of drug-likeness (QED) is 0.720. The first kappa shape index (κ1) is 8.57. The van der Waals surface area contributed by atoms with E-state index < -0.39 is 0 Å². The first-order chi connectivity index (χ1) is 5.26. The van der Waals surface area contributed by atoms with E-state index in [0.29, 0.717) is 6.54 Å². The van der Waals surface area contributed by atoms with Crippen molar-refractivity contribution in [3.63, 3.8) is 0 Å². The van der Waals surface area contributed by atoms with Gasteiger partial charge in [0.25, 0.3) is 0 Å². The minimum Gasteiger partial charge on any atom is -0.326 e. The molecule has 2 N–H and O–H groups in total. The molecule has 59 valence electrons. The molecule has 1 rings (SSSR count). The third kappa shape index (κ3) is 2.21. The lowest BCUT2D eigenvalue weighted by Gasteiger charge is -2.00. The molecule has 0 aliphatic carbocycles. The number of halogens is 1. The SMILES string of the molecule is CCc1[c]c(CN)cc(Cl)c1. The second-order valence-corrected chi connectivity index (χ2v) is 2.84. The first-order valence-electron chi connectivity index (χ1n) is 3.67. The molecule has 1 aromatic carbocycles. The van der Waals surface area contributed by atoms with E-state index in [1.807, 2.05) is 12.1 Å². The molecular weight excluding hydrogens is 158 g/mol. The molecule has 0 heterocycles. The summed E-state index contributed by atoms with van der Waals surface area (Å²) in [5, 5.41) is 0.751. The summed E-state index contributed by atoms with van der Waals surface area (Å²) in [5.74, 6) is 0. The molecule has 1 aromatic rings. The number of nitrogens with two attached hydrogens (primary N) is 1. The Kier molecular flexibility index (Phi) is 2.92. The van der Waals surface area contributed by atoms with Gasteiger partial charge in [0.2, 0.25) is 0 Å². The number of hydrogen-bond acceptors (Lipinski definition) is 1. The van der Waals surface area contributed by atoms with Crippen molar-refractivity contribution in [3.8, 4) is 0 Å². The summed E-state index contributed by atoms with van der Waals surface area (Å²) in [6.45, 7) is 2.58. The summed E-state index contributed by atoms with van der Waals surface area (Å²) in [5.41, 5.74) is 7.56. The van der Waals surface area contributed by atoms with E-state index in [0.717, 1.165) is 22.6 Å². The van der Waals surface area contributed by atoms with Gasteiger partial charge in [-0.25, -0.2) is 0 Å². The van der Waals surface area contributed by atoms with Crippen LogP contribution in [0.2, 0.25) is 5.02 Å². The molecule has 2 heteroatoms. The summed E-state index contributed by atoms with van der Waals surface area (Å²) < 4.78 is 0. The monoisotopic (exact) mass is 168 g/mol. The molecule has 0 saturated heterocycles. The minimum absolute atomic E-state index is 0.507. The molecule has 0 aromatic heterocycles. The maximum atomic E-state index is 5.83. The molecule has 0 spiro atoms. The van der Waals surface area contributed by atoms with Crippen molar-refractivity contribution in [2.24, 2.45) is 5.73 Å². The van der Waals surface area contributed by atoms with E-state index in [1.165, 1.54) is 0 Å². The Bertz CT molecular complexity index is 223. The van der Waals surface area contributed by atoms with Crippen molar-refractivity contribution in [2.45, 2.75) is 19.9 Å². The van der Waals surface area contributed by atoms with Crippen molar-refractivity contribution in [3.05, 3.63) is 34.3 Å². The van der Waals surface area contributed by atoms with Crippen LogP contribution in [0.25, 0.3) is 0 Å². The minimum atomic E-state index is 0.507. The van der Waals surface area contributed by atoms with E-state index >= 15 is 0 Å².